The minimum atomic E-state index is -4.33. The van der Waals surface area contributed by atoms with E-state index >= 15 is 0 Å². The summed E-state index contributed by atoms with van der Waals surface area (Å²) in [7, 11) is -8.60. The molecule has 6 N–H and O–H groups in total. The number of aryl methyl sites for hydroxylation is 2. The van der Waals surface area contributed by atoms with Crippen molar-refractivity contribution < 1.29 is 31.2 Å². The highest BCUT2D eigenvalue weighted by Crippen LogP contribution is 2.47. The number of para-hydroxylation sites is 1. The zero-order valence-corrected chi connectivity index (χ0v) is 28.6. The zero-order valence-electron chi connectivity index (χ0n) is 25.4. The molecule has 48 heavy (non-hydrogen) atoms. The molecule has 1 aliphatic rings. The van der Waals surface area contributed by atoms with Crippen LogP contribution >= 0.6 is 15.9 Å². The fourth-order valence-electron chi connectivity index (χ4n) is 5.24. The number of sulfonamides is 2. The van der Waals surface area contributed by atoms with E-state index in [9.17, 15) is 26.4 Å². The lowest BCUT2D eigenvalue weighted by molar-refractivity contribution is 0.0981. The fraction of sp³-hybridized carbons (Fsp3) is 0.0588. The predicted molar refractivity (Wildman–Crippen MR) is 187 cm³/mol. The SMILES string of the molecule is Cc1ccc(S(=O)(=O)Nc2cc(Br)c(N)c3c2C(=O)c2c(NS(=O)(=O)c4ccc(C)cc4)cc(Oc4ccccc4)c(N)c2C3=O)cc1. The van der Waals surface area contributed by atoms with Crippen molar-refractivity contribution in [1.82, 2.24) is 0 Å². The maximum Gasteiger partial charge on any atom is 0.261 e. The maximum absolute atomic E-state index is 14.5. The summed E-state index contributed by atoms with van der Waals surface area (Å²) >= 11 is 3.28. The molecule has 0 heterocycles. The van der Waals surface area contributed by atoms with Crippen molar-refractivity contribution in [2.45, 2.75) is 23.6 Å². The maximum atomic E-state index is 14.5. The van der Waals surface area contributed by atoms with Gasteiger partial charge >= 0.3 is 0 Å². The van der Waals surface area contributed by atoms with Crippen LogP contribution < -0.4 is 25.6 Å². The average molecular weight is 748 g/mol. The van der Waals surface area contributed by atoms with E-state index in [-0.39, 0.29) is 59.5 Å². The Balaban J connectivity index is 1.57. The largest absolute Gasteiger partial charge is 0.455 e. The van der Waals surface area contributed by atoms with E-state index in [0.29, 0.717) is 5.75 Å². The van der Waals surface area contributed by atoms with E-state index in [0.717, 1.165) is 11.1 Å². The standard InChI is InChI=1S/C34H27BrN4O7S2/c1-18-8-12-21(13-9-18)47(42,43)38-24-16-23(35)31(36)29-27(24)33(40)28-25(39-48(44,45)22-14-10-19(2)11-15-22)17-26(32(37)30(28)34(29)41)46-20-6-4-3-5-7-20/h3-17,38-39H,36-37H2,1-2H3. The Kier molecular flexibility index (Phi) is 8.27. The van der Waals surface area contributed by atoms with Crippen LogP contribution in [0.25, 0.3) is 0 Å². The van der Waals surface area contributed by atoms with Crippen LogP contribution in [-0.2, 0) is 20.0 Å². The van der Waals surface area contributed by atoms with Crippen molar-refractivity contribution in [3.05, 3.63) is 129 Å². The molecule has 0 saturated heterocycles. The summed E-state index contributed by atoms with van der Waals surface area (Å²) in [5.41, 5.74) is 12.0. The summed E-state index contributed by atoms with van der Waals surface area (Å²) < 4.78 is 65.1. The highest BCUT2D eigenvalue weighted by molar-refractivity contribution is 9.10. The van der Waals surface area contributed by atoms with E-state index in [1.165, 1.54) is 36.4 Å². The molecule has 5 aromatic carbocycles. The van der Waals surface area contributed by atoms with E-state index in [4.69, 9.17) is 16.2 Å². The second kappa shape index (κ2) is 12.1. The zero-order chi connectivity index (χ0) is 34.5. The second-order valence-corrected chi connectivity index (χ2v) is 15.3. The van der Waals surface area contributed by atoms with Gasteiger partial charge in [-0.15, -0.1) is 0 Å². The Morgan fingerprint density at radius 2 is 1.04 bits per heavy atom. The number of hydrogen-bond donors (Lipinski definition) is 4. The highest BCUT2D eigenvalue weighted by atomic mass is 79.9. The molecule has 6 rings (SSSR count). The van der Waals surface area contributed by atoms with E-state index < -0.39 is 37.2 Å². The van der Waals surface area contributed by atoms with Gasteiger partial charge in [0.25, 0.3) is 20.0 Å². The third kappa shape index (κ3) is 5.89. The molecule has 0 aromatic heterocycles. The molecule has 244 valence electrons. The Morgan fingerprint density at radius 3 is 1.54 bits per heavy atom. The summed E-state index contributed by atoms with van der Waals surface area (Å²) in [5.74, 6) is -1.54. The number of benzene rings is 5. The van der Waals surface area contributed by atoms with Gasteiger partial charge in [-0.2, -0.15) is 0 Å². The molecule has 11 nitrogen and oxygen atoms in total. The van der Waals surface area contributed by atoms with Gasteiger partial charge in [-0.3, -0.25) is 19.0 Å². The van der Waals surface area contributed by atoms with Crippen LogP contribution in [0.5, 0.6) is 11.5 Å². The number of nitrogens with one attached hydrogen (secondary N) is 2. The Labute approximate surface area is 285 Å². The molecule has 5 aromatic rings. The van der Waals surface area contributed by atoms with E-state index in [2.05, 4.69) is 25.4 Å². The molecule has 0 bridgehead atoms. The first-order chi connectivity index (χ1) is 22.7. The molecule has 14 heteroatoms. The quantitative estimate of drug-likeness (QED) is 0.128. The average Bonchev–Trinajstić information content (AvgIpc) is 3.03. The van der Waals surface area contributed by atoms with Gasteiger partial charge in [-0.05, 0) is 72.2 Å². The molecule has 0 amide bonds. The summed E-state index contributed by atoms with van der Waals surface area (Å²) in [6.07, 6.45) is 0. The molecule has 0 radical (unpaired) electrons. The van der Waals surface area contributed by atoms with Gasteiger partial charge in [-0.25, -0.2) is 16.8 Å². The van der Waals surface area contributed by atoms with E-state index in [1.807, 2.05) is 0 Å². The number of ether oxygens (including phenoxy) is 1. The normalized spacial score (nSPS) is 12.6. The van der Waals surface area contributed by atoms with Gasteiger partial charge in [0.1, 0.15) is 5.75 Å². The van der Waals surface area contributed by atoms with Crippen LogP contribution in [0.15, 0.2) is 105 Å². The van der Waals surface area contributed by atoms with E-state index in [1.54, 1.807) is 68.4 Å². The Bertz CT molecular complexity index is 2360. The lowest BCUT2D eigenvalue weighted by Crippen LogP contribution is -2.28. The van der Waals surface area contributed by atoms with Crippen molar-refractivity contribution in [3.8, 4) is 11.5 Å². The monoisotopic (exact) mass is 746 g/mol. The molecule has 0 aliphatic heterocycles. The van der Waals surface area contributed by atoms with Gasteiger partial charge in [0.05, 0.1) is 54.8 Å². The topological polar surface area (TPSA) is 188 Å². The molecule has 0 spiro atoms. The Morgan fingerprint density at radius 1 is 0.604 bits per heavy atom. The molecule has 1 aliphatic carbocycles. The molecule has 0 fully saturated rings. The van der Waals surface area contributed by atoms with Crippen LogP contribution in [0.4, 0.5) is 22.7 Å². The smallest absolute Gasteiger partial charge is 0.261 e. The number of nitrogen functional groups attached to an aromatic ring is 2. The predicted octanol–water partition coefficient (Wildman–Crippen LogP) is 6.40. The molecule has 0 unspecified atom stereocenters. The number of nitrogens with two attached hydrogens (primary N) is 2. The number of rotatable bonds is 8. The van der Waals surface area contributed by atoms with Crippen molar-refractivity contribution >= 4 is 70.3 Å². The number of carbonyl (C=O) groups is 2. The van der Waals surface area contributed by atoms with Crippen LogP contribution in [-0.4, -0.2) is 28.4 Å². The number of anilines is 4. The number of fused-ring (bicyclic) bond motifs is 2. The van der Waals surface area contributed by atoms with Crippen LogP contribution in [0, 0.1) is 13.8 Å². The molecular weight excluding hydrogens is 720 g/mol. The minimum absolute atomic E-state index is 0.0942. The number of halogens is 1. The van der Waals surface area contributed by atoms with Crippen LogP contribution in [0.2, 0.25) is 0 Å². The summed E-state index contributed by atoms with van der Waals surface area (Å²) in [4.78, 5) is 28.7. The van der Waals surface area contributed by atoms with Gasteiger partial charge in [0.2, 0.25) is 0 Å². The van der Waals surface area contributed by atoms with Gasteiger partial charge in [-0.1, -0.05) is 53.6 Å². The first-order valence-corrected chi connectivity index (χ1v) is 18.0. The third-order valence-corrected chi connectivity index (χ3v) is 11.1. The highest BCUT2D eigenvalue weighted by Gasteiger charge is 2.40. The minimum Gasteiger partial charge on any atom is -0.455 e. The lowest BCUT2D eigenvalue weighted by atomic mass is 9.80. The van der Waals surface area contributed by atoms with Crippen molar-refractivity contribution in [2.75, 3.05) is 20.9 Å². The first-order valence-electron chi connectivity index (χ1n) is 14.3. The second-order valence-electron chi connectivity index (χ2n) is 11.1. The Hall–Kier alpha value is -5.18. The lowest BCUT2D eigenvalue weighted by Gasteiger charge is -2.27. The van der Waals surface area contributed by atoms with Gasteiger partial charge < -0.3 is 16.2 Å². The van der Waals surface area contributed by atoms with Gasteiger partial charge in [0, 0.05) is 10.5 Å². The van der Waals surface area contributed by atoms with Crippen molar-refractivity contribution in [3.63, 3.8) is 0 Å². The van der Waals surface area contributed by atoms with Crippen LogP contribution in [0.1, 0.15) is 43.0 Å². The summed E-state index contributed by atoms with van der Waals surface area (Å²) in [6, 6.07) is 22.9. The molecule has 0 atom stereocenters. The number of hydrogen-bond acceptors (Lipinski definition) is 9. The van der Waals surface area contributed by atoms with Gasteiger partial charge in [0.15, 0.2) is 17.3 Å². The molecule has 0 saturated carbocycles. The summed E-state index contributed by atoms with van der Waals surface area (Å²) in [6.45, 7) is 3.59. The van der Waals surface area contributed by atoms with Crippen LogP contribution in [0.3, 0.4) is 0 Å². The van der Waals surface area contributed by atoms with Crippen molar-refractivity contribution in [2.24, 2.45) is 0 Å². The van der Waals surface area contributed by atoms with Crippen molar-refractivity contribution in [1.29, 1.82) is 0 Å². The number of ketones is 2. The first kappa shape index (κ1) is 32.7. The molecular formula is C34H27BrN4O7S2. The fourth-order valence-corrected chi connectivity index (χ4v) is 7.79. The third-order valence-electron chi connectivity index (χ3n) is 7.68. The summed E-state index contributed by atoms with van der Waals surface area (Å²) in [5, 5.41) is 0. The number of carbonyl (C=O) groups excluding carboxylic acids is 2.